The van der Waals surface area contributed by atoms with E-state index >= 15 is 0 Å². The highest BCUT2D eigenvalue weighted by Crippen LogP contribution is 2.52. The van der Waals surface area contributed by atoms with E-state index in [-0.39, 0.29) is 0 Å². The van der Waals surface area contributed by atoms with Crippen LogP contribution < -0.4 is 0 Å². The highest BCUT2D eigenvalue weighted by atomic mass is 127. The summed E-state index contributed by atoms with van der Waals surface area (Å²) in [6, 6.07) is 0. The largest absolute Gasteiger partial charge is 0.517 e. The summed E-state index contributed by atoms with van der Waals surface area (Å²) < 4.78 is 10.8. The van der Waals surface area contributed by atoms with Gasteiger partial charge in [-0.15, -0.1) is 0 Å². The van der Waals surface area contributed by atoms with Gasteiger partial charge in [0.25, 0.3) is 0 Å². The minimum absolute atomic E-state index is 0.510. The fourth-order valence-electron chi connectivity index (χ4n) is 3.86. The van der Waals surface area contributed by atoms with Crippen LogP contribution in [0.25, 0.3) is 0 Å². The Morgan fingerprint density at radius 1 is 1.39 bits per heavy atom. The standard InChI is InChI=1S/C13H20I2O3/c14-9-13-4-1-2-10(7-13)6-11(8-13)3-5-17-12(16)18-15/h10-11H,1-9H2. The molecule has 2 saturated carbocycles. The van der Waals surface area contributed by atoms with Crippen molar-refractivity contribution in [2.45, 2.75) is 44.9 Å². The Morgan fingerprint density at radius 2 is 2.22 bits per heavy atom. The van der Waals surface area contributed by atoms with Gasteiger partial charge in [0.15, 0.2) is 23.0 Å². The molecule has 0 aromatic carbocycles. The second kappa shape index (κ2) is 6.95. The van der Waals surface area contributed by atoms with Crippen molar-refractivity contribution >= 4 is 51.8 Å². The number of fused-ring (bicyclic) bond motifs is 2. The van der Waals surface area contributed by atoms with Gasteiger partial charge in [-0.2, -0.15) is 0 Å². The van der Waals surface area contributed by atoms with Gasteiger partial charge < -0.3 is 7.80 Å². The van der Waals surface area contributed by atoms with Crippen molar-refractivity contribution in [3.8, 4) is 0 Å². The minimum atomic E-state index is -0.560. The number of hydrogen-bond acceptors (Lipinski definition) is 3. The van der Waals surface area contributed by atoms with E-state index < -0.39 is 6.16 Å². The van der Waals surface area contributed by atoms with Crippen LogP contribution >= 0.6 is 45.6 Å². The molecule has 0 N–H and O–H groups in total. The van der Waals surface area contributed by atoms with E-state index in [9.17, 15) is 4.79 Å². The van der Waals surface area contributed by atoms with Gasteiger partial charge in [-0.25, -0.2) is 4.79 Å². The molecular formula is C13H20I2O3. The SMILES string of the molecule is O=C(OI)OCCC1CC2CCCC(CI)(C2)C1. The molecule has 3 nitrogen and oxygen atoms in total. The predicted molar refractivity (Wildman–Crippen MR) is 87.1 cm³/mol. The van der Waals surface area contributed by atoms with Crippen LogP contribution in [0.1, 0.15) is 44.9 Å². The van der Waals surface area contributed by atoms with Gasteiger partial charge in [0.1, 0.15) is 0 Å². The molecule has 0 radical (unpaired) electrons. The first kappa shape index (κ1) is 15.1. The third-order valence-electron chi connectivity index (χ3n) is 4.52. The van der Waals surface area contributed by atoms with Crippen LogP contribution in [0.3, 0.4) is 0 Å². The van der Waals surface area contributed by atoms with Crippen molar-refractivity contribution in [2.24, 2.45) is 17.3 Å². The fraction of sp³-hybridized carbons (Fsp3) is 0.923. The van der Waals surface area contributed by atoms with E-state index in [2.05, 4.69) is 25.7 Å². The summed E-state index contributed by atoms with van der Waals surface area (Å²) in [5.74, 6) is 1.66. The zero-order chi connectivity index (χ0) is 13.0. The van der Waals surface area contributed by atoms with Crippen molar-refractivity contribution in [1.29, 1.82) is 0 Å². The quantitative estimate of drug-likeness (QED) is 0.328. The molecule has 2 rings (SSSR count). The zero-order valence-electron chi connectivity index (χ0n) is 10.5. The Hall–Kier alpha value is 0.730. The monoisotopic (exact) mass is 478 g/mol. The molecule has 0 aliphatic heterocycles. The molecule has 18 heavy (non-hydrogen) atoms. The number of ether oxygens (including phenoxy) is 1. The summed E-state index contributed by atoms with van der Waals surface area (Å²) >= 11 is 4.12. The zero-order valence-corrected chi connectivity index (χ0v) is 14.8. The number of carbonyl (C=O) groups excluding carboxylic acids is 1. The molecule has 104 valence electrons. The van der Waals surface area contributed by atoms with Crippen molar-refractivity contribution < 1.29 is 12.6 Å². The first-order chi connectivity index (χ1) is 8.67. The van der Waals surface area contributed by atoms with Crippen LogP contribution in [0.4, 0.5) is 4.79 Å². The Bertz CT molecular complexity index is 298. The maximum atomic E-state index is 10.9. The molecule has 0 amide bonds. The molecule has 2 aliphatic rings. The molecule has 3 unspecified atom stereocenters. The van der Waals surface area contributed by atoms with Gasteiger partial charge in [0.05, 0.1) is 6.61 Å². The lowest BCUT2D eigenvalue weighted by Crippen LogP contribution is -2.38. The Morgan fingerprint density at radius 3 is 2.94 bits per heavy atom. The Labute approximate surface area is 137 Å². The first-order valence-electron chi connectivity index (χ1n) is 6.69. The van der Waals surface area contributed by atoms with Crippen molar-refractivity contribution in [3.05, 3.63) is 0 Å². The van der Waals surface area contributed by atoms with Crippen LogP contribution in [0.15, 0.2) is 0 Å². The maximum Gasteiger partial charge on any atom is 0.517 e. The number of alkyl halides is 1. The molecule has 5 heteroatoms. The molecule has 3 atom stereocenters. The maximum absolute atomic E-state index is 10.9. The molecule has 0 spiro atoms. The predicted octanol–water partition coefficient (Wildman–Crippen LogP) is 4.90. The topological polar surface area (TPSA) is 35.5 Å². The summed E-state index contributed by atoms with van der Waals surface area (Å²) in [5.41, 5.74) is 0.593. The number of hydrogen-bond donors (Lipinski definition) is 0. The lowest BCUT2D eigenvalue weighted by molar-refractivity contribution is 0.0446. The number of rotatable bonds is 4. The average Bonchev–Trinajstić information content (AvgIpc) is 2.38. The Kier molecular flexibility index (Phi) is 5.84. The van der Waals surface area contributed by atoms with Crippen LogP contribution in [-0.2, 0) is 7.80 Å². The third-order valence-corrected chi connectivity index (χ3v) is 6.50. The molecule has 0 aromatic heterocycles. The van der Waals surface area contributed by atoms with Crippen LogP contribution in [-0.4, -0.2) is 17.2 Å². The van der Waals surface area contributed by atoms with E-state index in [0.29, 0.717) is 12.0 Å². The van der Waals surface area contributed by atoms with E-state index in [1.165, 1.54) is 43.0 Å². The molecule has 0 aromatic rings. The van der Waals surface area contributed by atoms with Gasteiger partial charge in [0.2, 0.25) is 0 Å². The summed E-state index contributed by atoms with van der Waals surface area (Å²) in [6.45, 7) is 0.510. The smallest absolute Gasteiger partial charge is 0.434 e. The lowest BCUT2D eigenvalue weighted by atomic mass is 9.59. The van der Waals surface area contributed by atoms with Crippen LogP contribution in [0, 0.1) is 17.3 Å². The second-order valence-electron chi connectivity index (χ2n) is 5.87. The van der Waals surface area contributed by atoms with E-state index in [1.807, 2.05) is 0 Å². The van der Waals surface area contributed by atoms with E-state index in [4.69, 9.17) is 4.74 Å². The first-order valence-corrected chi connectivity index (χ1v) is 9.09. The number of halogens is 2. The minimum Gasteiger partial charge on any atom is -0.434 e. The summed E-state index contributed by atoms with van der Waals surface area (Å²) in [5, 5.41) is 0. The van der Waals surface area contributed by atoms with Crippen LogP contribution in [0.5, 0.6) is 0 Å². The van der Waals surface area contributed by atoms with E-state index in [1.54, 1.807) is 23.0 Å². The van der Waals surface area contributed by atoms with Crippen molar-refractivity contribution in [2.75, 3.05) is 11.0 Å². The highest BCUT2D eigenvalue weighted by Gasteiger charge is 2.41. The Balaban J connectivity index is 1.81. The summed E-state index contributed by atoms with van der Waals surface area (Å²) in [4.78, 5) is 10.9. The van der Waals surface area contributed by atoms with Gasteiger partial charge >= 0.3 is 6.16 Å². The molecule has 2 bridgehead atoms. The average molecular weight is 478 g/mol. The molecule has 2 aliphatic carbocycles. The lowest BCUT2D eigenvalue weighted by Gasteiger charge is -2.47. The molecule has 0 heterocycles. The van der Waals surface area contributed by atoms with Crippen molar-refractivity contribution in [3.63, 3.8) is 0 Å². The fourth-order valence-corrected chi connectivity index (χ4v) is 4.99. The third kappa shape index (κ3) is 3.86. The van der Waals surface area contributed by atoms with E-state index in [0.717, 1.165) is 18.3 Å². The number of carbonyl (C=O) groups is 1. The molecular weight excluding hydrogens is 458 g/mol. The van der Waals surface area contributed by atoms with Crippen LogP contribution in [0.2, 0.25) is 0 Å². The summed E-state index contributed by atoms with van der Waals surface area (Å²) in [7, 11) is 0. The van der Waals surface area contributed by atoms with Gasteiger partial charge in [0, 0.05) is 4.43 Å². The second-order valence-corrected chi connectivity index (χ2v) is 7.07. The van der Waals surface area contributed by atoms with Gasteiger partial charge in [-0.1, -0.05) is 35.4 Å². The van der Waals surface area contributed by atoms with Gasteiger partial charge in [-0.05, 0) is 49.4 Å². The van der Waals surface area contributed by atoms with Gasteiger partial charge in [-0.3, -0.25) is 0 Å². The molecule has 2 fully saturated rings. The highest BCUT2D eigenvalue weighted by molar-refractivity contribution is 14.1. The molecule has 0 saturated heterocycles. The normalized spacial score (nSPS) is 35.0. The summed E-state index contributed by atoms with van der Waals surface area (Å²) in [6.07, 6.45) is 8.76. The van der Waals surface area contributed by atoms with Crippen molar-refractivity contribution in [1.82, 2.24) is 0 Å².